The van der Waals surface area contributed by atoms with Crippen LogP contribution in [0.4, 0.5) is 0 Å². The van der Waals surface area contributed by atoms with E-state index in [1.54, 1.807) is 11.8 Å². The van der Waals surface area contributed by atoms with E-state index in [1.165, 1.54) is 24.8 Å². The molecule has 2 aromatic rings. The Balaban J connectivity index is 1.39. The Morgan fingerprint density at radius 3 is 2.69 bits per heavy atom. The zero-order valence-corrected chi connectivity index (χ0v) is 21.1. The molecule has 1 heterocycles. The van der Waals surface area contributed by atoms with Gasteiger partial charge in [0.25, 0.3) is 6.20 Å². The van der Waals surface area contributed by atoms with Gasteiger partial charge in [0.05, 0.1) is 17.6 Å². The second-order valence-corrected chi connectivity index (χ2v) is 9.49. The number of hydrogen-bond donors (Lipinski definition) is 3. The predicted molar refractivity (Wildman–Crippen MR) is 140 cm³/mol. The minimum Gasteiger partial charge on any atom is -0.494 e. The number of piperidine rings is 1. The second-order valence-electron chi connectivity index (χ2n) is 8.61. The smallest absolute Gasteiger partial charge is 0.274 e. The number of benzene rings is 2. The minimum absolute atomic E-state index is 0.158. The highest BCUT2D eigenvalue weighted by molar-refractivity contribution is 7.98. The quantitative estimate of drug-likeness (QED) is 0.154. The van der Waals surface area contributed by atoms with Crippen molar-refractivity contribution in [1.29, 1.82) is 0 Å². The maximum Gasteiger partial charge on any atom is 0.274 e. The van der Waals surface area contributed by atoms with Crippen molar-refractivity contribution < 1.29 is 14.8 Å². The van der Waals surface area contributed by atoms with Crippen LogP contribution in [0.5, 0.6) is 5.75 Å². The van der Waals surface area contributed by atoms with Crippen LogP contribution in [0.3, 0.4) is 0 Å². The first-order chi connectivity index (χ1) is 17.0. The Morgan fingerprint density at radius 1 is 1.20 bits per heavy atom. The first-order valence-electron chi connectivity index (χ1n) is 12.1. The summed E-state index contributed by atoms with van der Waals surface area (Å²) < 4.78 is 5.90. The van der Waals surface area contributed by atoms with Crippen molar-refractivity contribution in [1.82, 2.24) is 15.5 Å². The molecular weight excluding hydrogens is 464 g/mol. The highest BCUT2D eigenvalue weighted by Gasteiger charge is 2.11. The molecule has 0 radical (unpaired) electrons. The summed E-state index contributed by atoms with van der Waals surface area (Å²) in [5.41, 5.74) is 2.01. The Bertz CT molecular complexity index is 949. The van der Waals surface area contributed by atoms with E-state index in [9.17, 15) is 15.2 Å². The molecular formula is C26H36N4O4S. The normalized spacial score (nSPS) is 15.4. The molecule has 1 aliphatic heterocycles. The molecule has 1 saturated heterocycles. The van der Waals surface area contributed by atoms with Gasteiger partial charge in [-0.15, -0.1) is 11.8 Å². The van der Waals surface area contributed by atoms with Crippen molar-refractivity contribution >= 4 is 11.8 Å². The van der Waals surface area contributed by atoms with Gasteiger partial charge in [0, 0.05) is 24.5 Å². The first-order valence-corrected chi connectivity index (χ1v) is 13.3. The second kappa shape index (κ2) is 14.6. The average molecular weight is 501 g/mol. The van der Waals surface area contributed by atoms with Crippen molar-refractivity contribution in [2.45, 2.75) is 43.2 Å². The molecule has 3 rings (SSSR count). The summed E-state index contributed by atoms with van der Waals surface area (Å²) in [5.74, 6) is 1.10. The van der Waals surface area contributed by atoms with Crippen LogP contribution >= 0.6 is 11.8 Å². The van der Waals surface area contributed by atoms with Gasteiger partial charge in [0.1, 0.15) is 5.75 Å². The largest absolute Gasteiger partial charge is 0.494 e. The summed E-state index contributed by atoms with van der Waals surface area (Å²) >= 11 is 1.63. The first kappa shape index (κ1) is 26.8. The Labute approximate surface area is 211 Å². The molecule has 1 fully saturated rings. The van der Waals surface area contributed by atoms with Crippen LogP contribution in [0.2, 0.25) is 0 Å². The summed E-state index contributed by atoms with van der Waals surface area (Å²) in [6, 6.07) is 15.8. The van der Waals surface area contributed by atoms with Gasteiger partial charge >= 0.3 is 0 Å². The van der Waals surface area contributed by atoms with Crippen LogP contribution in [0.15, 0.2) is 65.4 Å². The van der Waals surface area contributed by atoms with Gasteiger partial charge in [-0.3, -0.25) is 15.0 Å². The zero-order chi connectivity index (χ0) is 24.9. The van der Waals surface area contributed by atoms with Crippen LogP contribution in [-0.4, -0.2) is 54.0 Å². The average Bonchev–Trinajstić information content (AvgIpc) is 2.87. The molecule has 35 heavy (non-hydrogen) atoms. The van der Waals surface area contributed by atoms with Crippen LogP contribution in [0.1, 0.15) is 42.9 Å². The summed E-state index contributed by atoms with van der Waals surface area (Å²) in [4.78, 5) is 14.1. The topological polar surface area (TPSA) is 99.9 Å². The Kier molecular flexibility index (Phi) is 11.2. The molecule has 0 spiro atoms. The van der Waals surface area contributed by atoms with Crippen molar-refractivity contribution in [2.24, 2.45) is 0 Å². The van der Waals surface area contributed by atoms with Crippen LogP contribution in [0, 0.1) is 10.1 Å². The number of aliphatic hydroxyl groups excluding tert-OH is 1. The molecule has 0 aliphatic carbocycles. The number of ether oxygens (including phenoxy) is 1. The van der Waals surface area contributed by atoms with E-state index < -0.39 is 11.0 Å². The third kappa shape index (κ3) is 9.79. The maximum atomic E-state index is 11.0. The molecule has 2 aromatic carbocycles. The van der Waals surface area contributed by atoms with Gasteiger partial charge in [-0.2, -0.15) is 0 Å². The zero-order valence-electron chi connectivity index (χ0n) is 20.3. The lowest BCUT2D eigenvalue weighted by atomic mass is 10.1. The van der Waals surface area contributed by atoms with E-state index in [1.807, 2.05) is 42.7 Å². The number of rotatable bonds is 14. The predicted octanol–water partition coefficient (Wildman–Crippen LogP) is 4.15. The molecule has 190 valence electrons. The minimum atomic E-state index is -0.775. The number of nitro groups is 1. The molecule has 0 bridgehead atoms. The van der Waals surface area contributed by atoms with Gasteiger partial charge in [-0.25, -0.2) is 0 Å². The van der Waals surface area contributed by atoms with Crippen molar-refractivity contribution in [3.8, 4) is 5.75 Å². The van der Waals surface area contributed by atoms with Crippen molar-refractivity contribution in [3.05, 3.63) is 81.8 Å². The highest BCUT2D eigenvalue weighted by Crippen LogP contribution is 2.19. The monoisotopic (exact) mass is 500 g/mol. The lowest BCUT2D eigenvalue weighted by Crippen LogP contribution is -2.31. The molecule has 9 heteroatoms. The van der Waals surface area contributed by atoms with E-state index in [0.717, 1.165) is 42.0 Å². The third-order valence-corrected chi connectivity index (χ3v) is 6.62. The summed E-state index contributed by atoms with van der Waals surface area (Å²) in [5, 5.41) is 27.4. The maximum absolute atomic E-state index is 11.0. The summed E-state index contributed by atoms with van der Waals surface area (Å²) in [7, 11) is 0. The SMILES string of the molecule is CSc1ccc(C(O)CNC(=C[N+](=O)[O-])NCCCOc2cccc(CN3CCCCC3)c2)cc1. The van der Waals surface area contributed by atoms with E-state index in [-0.39, 0.29) is 12.4 Å². The van der Waals surface area contributed by atoms with E-state index in [0.29, 0.717) is 19.6 Å². The number of nitrogens with one attached hydrogen (secondary N) is 2. The van der Waals surface area contributed by atoms with Gasteiger partial charge in [-0.1, -0.05) is 30.7 Å². The molecule has 8 nitrogen and oxygen atoms in total. The molecule has 1 aliphatic rings. The number of nitrogens with zero attached hydrogens (tertiary/aromatic N) is 2. The van der Waals surface area contributed by atoms with E-state index in [2.05, 4.69) is 27.7 Å². The van der Waals surface area contributed by atoms with Crippen LogP contribution in [-0.2, 0) is 6.54 Å². The standard InChI is InChI=1S/C26H36N4O4S/c1-35-24-11-9-22(10-12-24)25(31)18-28-26(20-30(32)33)27-13-6-16-34-23-8-5-7-21(17-23)19-29-14-3-2-4-15-29/h5,7-12,17,20,25,27-28,31H,2-4,6,13-16,18-19H2,1H3. The molecule has 1 unspecified atom stereocenters. The number of thioether (sulfide) groups is 1. The fourth-order valence-corrected chi connectivity index (χ4v) is 4.41. The van der Waals surface area contributed by atoms with Gasteiger partial charge in [0.2, 0.25) is 0 Å². The van der Waals surface area contributed by atoms with Crippen LogP contribution < -0.4 is 15.4 Å². The van der Waals surface area contributed by atoms with Crippen molar-refractivity contribution in [3.63, 3.8) is 0 Å². The van der Waals surface area contributed by atoms with E-state index in [4.69, 9.17) is 4.74 Å². The lowest BCUT2D eigenvalue weighted by Gasteiger charge is -2.26. The fraction of sp³-hybridized carbons (Fsp3) is 0.462. The highest BCUT2D eigenvalue weighted by atomic mass is 32.2. The number of hydrogen-bond acceptors (Lipinski definition) is 8. The lowest BCUT2D eigenvalue weighted by molar-refractivity contribution is -0.404. The number of likely N-dealkylation sites (tertiary alicyclic amines) is 1. The number of aliphatic hydroxyl groups is 1. The van der Waals surface area contributed by atoms with Gasteiger partial charge in [-0.05, 0) is 74.0 Å². The van der Waals surface area contributed by atoms with E-state index >= 15 is 0 Å². The van der Waals surface area contributed by atoms with Gasteiger partial charge in [0.15, 0.2) is 5.82 Å². The Morgan fingerprint density at radius 2 is 1.97 bits per heavy atom. The molecule has 1 atom stereocenters. The molecule has 0 saturated carbocycles. The molecule has 3 N–H and O–H groups in total. The summed E-state index contributed by atoms with van der Waals surface area (Å²) in [6.07, 6.45) is 6.65. The fourth-order valence-electron chi connectivity index (χ4n) is 4.00. The summed E-state index contributed by atoms with van der Waals surface area (Å²) in [6.45, 7) is 4.42. The molecule has 0 aromatic heterocycles. The van der Waals surface area contributed by atoms with Gasteiger partial charge < -0.3 is 20.5 Å². The molecule has 0 amide bonds. The third-order valence-electron chi connectivity index (χ3n) is 5.88. The van der Waals surface area contributed by atoms with Crippen molar-refractivity contribution in [2.75, 3.05) is 39.0 Å². The Hall–Kier alpha value is -2.75. The van der Waals surface area contributed by atoms with Crippen LogP contribution in [0.25, 0.3) is 0 Å².